The van der Waals surface area contributed by atoms with Gasteiger partial charge in [-0.15, -0.1) is 0 Å². The van der Waals surface area contributed by atoms with Gasteiger partial charge in [-0.05, 0) is 30.2 Å². The zero-order valence-corrected chi connectivity index (χ0v) is 14.4. The highest BCUT2D eigenvalue weighted by Gasteiger charge is 2.18. The monoisotopic (exact) mass is 365 g/mol. The molecule has 1 aliphatic heterocycles. The molecule has 1 saturated heterocycles. The highest BCUT2D eigenvalue weighted by Crippen LogP contribution is 2.23. The van der Waals surface area contributed by atoms with Crippen LogP contribution >= 0.6 is 23.2 Å². The number of carbonyl (C=O) groups is 1. The molecule has 1 atom stereocenters. The highest BCUT2D eigenvalue weighted by molar-refractivity contribution is 6.42. The SMILES string of the molecule is O=C(/C=C/c1ccc(Cl)c(Cl)c1)Nc1ccnn1CC1CCOC1. The molecular weight excluding hydrogens is 349 g/mol. The van der Waals surface area contributed by atoms with E-state index in [2.05, 4.69) is 10.4 Å². The van der Waals surface area contributed by atoms with Crippen molar-refractivity contribution in [3.8, 4) is 0 Å². The molecule has 2 heterocycles. The van der Waals surface area contributed by atoms with Crippen LogP contribution in [-0.4, -0.2) is 28.9 Å². The van der Waals surface area contributed by atoms with Crippen LogP contribution in [0.25, 0.3) is 6.08 Å². The molecule has 7 heteroatoms. The van der Waals surface area contributed by atoms with Crippen molar-refractivity contribution in [1.82, 2.24) is 9.78 Å². The van der Waals surface area contributed by atoms with Crippen molar-refractivity contribution < 1.29 is 9.53 Å². The minimum Gasteiger partial charge on any atom is -0.381 e. The van der Waals surface area contributed by atoms with Crippen LogP contribution in [-0.2, 0) is 16.1 Å². The topological polar surface area (TPSA) is 56.2 Å². The highest BCUT2D eigenvalue weighted by atomic mass is 35.5. The summed E-state index contributed by atoms with van der Waals surface area (Å²) in [5.74, 6) is 0.878. The smallest absolute Gasteiger partial charge is 0.249 e. The van der Waals surface area contributed by atoms with Gasteiger partial charge in [-0.25, -0.2) is 4.68 Å². The van der Waals surface area contributed by atoms with Gasteiger partial charge in [0.15, 0.2) is 0 Å². The molecule has 0 aliphatic carbocycles. The average molecular weight is 366 g/mol. The van der Waals surface area contributed by atoms with E-state index < -0.39 is 0 Å². The fourth-order valence-electron chi connectivity index (χ4n) is 2.51. The van der Waals surface area contributed by atoms with Gasteiger partial charge in [0.2, 0.25) is 5.91 Å². The second kappa shape index (κ2) is 7.83. The fraction of sp³-hybridized carbons (Fsp3) is 0.294. The molecule has 0 radical (unpaired) electrons. The van der Waals surface area contributed by atoms with Gasteiger partial charge in [-0.2, -0.15) is 5.10 Å². The first-order valence-corrected chi connectivity index (χ1v) is 8.41. The van der Waals surface area contributed by atoms with E-state index in [0.717, 1.165) is 31.7 Å². The Morgan fingerprint density at radius 1 is 1.38 bits per heavy atom. The molecule has 3 rings (SSSR count). The Labute approximate surface area is 150 Å². The van der Waals surface area contributed by atoms with Crippen LogP contribution in [0, 0.1) is 5.92 Å². The number of anilines is 1. The number of nitrogens with one attached hydrogen (secondary N) is 1. The van der Waals surface area contributed by atoms with Crippen LogP contribution in [0.15, 0.2) is 36.5 Å². The zero-order chi connectivity index (χ0) is 16.9. The summed E-state index contributed by atoms with van der Waals surface area (Å²) in [5.41, 5.74) is 0.802. The average Bonchev–Trinajstić information content (AvgIpc) is 3.22. The summed E-state index contributed by atoms with van der Waals surface area (Å²) in [5, 5.41) is 8.04. The van der Waals surface area contributed by atoms with Crippen LogP contribution in [0.5, 0.6) is 0 Å². The summed E-state index contributed by atoms with van der Waals surface area (Å²) in [4.78, 5) is 12.1. The Balaban J connectivity index is 1.61. The molecule has 126 valence electrons. The number of benzene rings is 1. The molecule has 1 fully saturated rings. The molecular formula is C17H17Cl2N3O2. The minimum absolute atomic E-state index is 0.231. The zero-order valence-electron chi connectivity index (χ0n) is 12.9. The van der Waals surface area contributed by atoms with E-state index in [1.54, 1.807) is 41.2 Å². The maximum atomic E-state index is 12.1. The van der Waals surface area contributed by atoms with Gasteiger partial charge in [0.1, 0.15) is 5.82 Å². The molecule has 2 aromatic rings. The van der Waals surface area contributed by atoms with E-state index in [0.29, 0.717) is 21.8 Å². The van der Waals surface area contributed by atoms with Gasteiger partial charge in [0, 0.05) is 31.2 Å². The van der Waals surface area contributed by atoms with Crippen molar-refractivity contribution in [3.05, 3.63) is 52.1 Å². The van der Waals surface area contributed by atoms with Crippen LogP contribution in [0.3, 0.4) is 0 Å². The number of halogens is 2. The van der Waals surface area contributed by atoms with Crippen LogP contribution < -0.4 is 5.32 Å². The summed E-state index contributed by atoms with van der Waals surface area (Å²) in [6, 6.07) is 6.97. The normalized spacial score (nSPS) is 17.5. The largest absolute Gasteiger partial charge is 0.381 e. The number of aromatic nitrogens is 2. The summed E-state index contributed by atoms with van der Waals surface area (Å²) in [6.45, 7) is 2.27. The van der Waals surface area contributed by atoms with Gasteiger partial charge >= 0.3 is 0 Å². The van der Waals surface area contributed by atoms with Gasteiger partial charge in [0.25, 0.3) is 0 Å². The number of carbonyl (C=O) groups excluding carboxylic acids is 1. The van der Waals surface area contributed by atoms with Gasteiger partial charge in [0.05, 0.1) is 22.8 Å². The fourth-order valence-corrected chi connectivity index (χ4v) is 2.82. The van der Waals surface area contributed by atoms with Crippen molar-refractivity contribution in [2.24, 2.45) is 5.92 Å². The number of hydrogen-bond acceptors (Lipinski definition) is 3. The van der Waals surface area contributed by atoms with E-state index in [-0.39, 0.29) is 5.91 Å². The Morgan fingerprint density at radius 2 is 2.25 bits per heavy atom. The van der Waals surface area contributed by atoms with Crippen molar-refractivity contribution in [3.63, 3.8) is 0 Å². The quantitative estimate of drug-likeness (QED) is 0.818. The first-order valence-electron chi connectivity index (χ1n) is 7.65. The van der Waals surface area contributed by atoms with Crippen LogP contribution in [0.2, 0.25) is 10.0 Å². The number of rotatable bonds is 5. The predicted octanol–water partition coefficient (Wildman–Crippen LogP) is 3.88. The van der Waals surface area contributed by atoms with Crippen molar-refractivity contribution in [1.29, 1.82) is 0 Å². The summed E-state index contributed by atoms with van der Waals surface area (Å²) in [6.07, 6.45) is 5.83. The summed E-state index contributed by atoms with van der Waals surface area (Å²) in [7, 11) is 0. The lowest BCUT2D eigenvalue weighted by Gasteiger charge is -2.11. The standard InChI is InChI=1S/C17H17Cl2N3O2/c18-14-3-1-12(9-15(14)19)2-4-17(23)21-16-5-7-20-22(16)10-13-6-8-24-11-13/h1-5,7,9,13H,6,8,10-11H2,(H,21,23)/b4-2+. The van der Waals surface area contributed by atoms with E-state index in [1.165, 1.54) is 6.08 Å². The Bertz CT molecular complexity index is 752. The second-order valence-electron chi connectivity index (χ2n) is 5.62. The Morgan fingerprint density at radius 3 is 3.00 bits per heavy atom. The van der Waals surface area contributed by atoms with E-state index in [9.17, 15) is 4.79 Å². The Kier molecular flexibility index (Phi) is 5.56. The first kappa shape index (κ1) is 17.0. The molecule has 0 bridgehead atoms. The van der Waals surface area contributed by atoms with Gasteiger partial charge in [-0.1, -0.05) is 29.3 Å². The molecule has 24 heavy (non-hydrogen) atoms. The predicted molar refractivity (Wildman–Crippen MR) is 95.3 cm³/mol. The lowest BCUT2D eigenvalue weighted by atomic mass is 10.1. The van der Waals surface area contributed by atoms with Crippen molar-refractivity contribution in [2.45, 2.75) is 13.0 Å². The second-order valence-corrected chi connectivity index (χ2v) is 6.44. The molecule has 1 amide bonds. The number of ether oxygens (including phenoxy) is 1. The maximum absolute atomic E-state index is 12.1. The molecule has 1 N–H and O–H groups in total. The molecule has 0 spiro atoms. The van der Waals surface area contributed by atoms with Crippen LogP contribution in [0.1, 0.15) is 12.0 Å². The lowest BCUT2D eigenvalue weighted by molar-refractivity contribution is -0.111. The van der Waals surface area contributed by atoms with E-state index >= 15 is 0 Å². The molecule has 1 aliphatic rings. The van der Waals surface area contributed by atoms with Gasteiger partial charge < -0.3 is 10.1 Å². The third-order valence-corrected chi connectivity index (χ3v) is 4.53. The molecule has 1 aromatic heterocycles. The Hall–Kier alpha value is -1.82. The van der Waals surface area contributed by atoms with E-state index in [1.807, 2.05) is 0 Å². The number of nitrogens with zero attached hydrogens (tertiary/aromatic N) is 2. The molecule has 1 unspecified atom stereocenters. The lowest BCUT2D eigenvalue weighted by Crippen LogP contribution is -2.17. The van der Waals surface area contributed by atoms with Crippen molar-refractivity contribution >= 4 is 41.0 Å². The molecule has 5 nitrogen and oxygen atoms in total. The minimum atomic E-state index is -0.231. The first-order chi connectivity index (χ1) is 11.6. The van der Waals surface area contributed by atoms with Crippen molar-refractivity contribution in [2.75, 3.05) is 18.5 Å². The molecule has 0 saturated carbocycles. The van der Waals surface area contributed by atoms with Crippen LogP contribution in [0.4, 0.5) is 5.82 Å². The number of hydrogen-bond donors (Lipinski definition) is 1. The summed E-state index contributed by atoms with van der Waals surface area (Å²) >= 11 is 11.8. The molecule has 1 aromatic carbocycles. The number of amides is 1. The third-order valence-electron chi connectivity index (χ3n) is 3.79. The van der Waals surface area contributed by atoms with E-state index in [4.69, 9.17) is 27.9 Å². The third kappa shape index (κ3) is 4.38. The summed E-state index contributed by atoms with van der Waals surface area (Å²) < 4.78 is 7.17. The van der Waals surface area contributed by atoms with Gasteiger partial charge in [-0.3, -0.25) is 4.79 Å². The maximum Gasteiger partial charge on any atom is 0.249 e.